The zero-order chi connectivity index (χ0) is 10.9. The number of alkyl halides is 1. The van der Waals surface area contributed by atoms with Gasteiger partial charge in [0.05, 0.1) is 5.38 Å². The SMILES string of the molecule is CCCCCCCCCC1=CC(Cl)CC1. The lowest BCUT2D eigenvalue weighted by Gasteiger charge is -2.02. The van der Waals surface area contributed by atoms with E-state index in [9.17, 15) is 0 Å². The van der Waals surface area contributed by atoms with E-state index in [1.165, 1.54) is 64.2 Å². The van der Waals surface area contributed by atoms with Crippen LogP contribution < -0.4 is 0 Å². The smallest absolute Gasteiger partial charge is 0.0521 e. The van der Waals surface area contributed by atoms with Gasteiger partial charge in [-0.3, -0.25) is 0 Å². The van der Waals surface area contributed by atoms with Crippen LogP contribution in [0.5, 0.6) is 0 Å². The zero-order valence-electron chi connectivity index (χ0n) is 10.1. The first kappa shape index (κ1) is 13.1. The van der Waals surface area contributed by atoms with Crippen molar-refractivity contribution < 1.29 is 0 Å². The van der Waals surface area contributed by atoms with Crippen molar-refractivity contribution in [2.24, 2.45) is 0 Å². The van der Waals surface area contributed by atoms with Gasteiger partial charge in [0.15, 0.2) is 0 Å². The predicted molar refractivity (Wildman–Crippen MR) is 69.6 cm³/mol. The van der Waals surface area contributed by atoms with Crippen molar-refractivity contribution in [3.05, 3.63) is 11.6 Å². The first-order chi connectivity index (χ1) is 7.33. The number of allylic oxidation sites excluding steroid dienone is 2. The molecular formula is C14H25Cl. The molecule has 1 unspecified atom stereocenters. The van der Waals surface area contributed by atoms with Crippen LogP contribution in [-0.2, 0) is 0 Å². The normalized spacial score (nSPS) is 20.7. The van der Waals surface area contributed by atoms with E-state index in [0.29, 0.717) is 5.38 Å². The first-order valence-electron chi connectivity index (χ1n) is 6.66. The summed E-state index contributed by atoms with van der Waals surface area (Å²) >= 11 is 6.03. The van der Waals surface area contributed by atoms with Crippen molar-refractivity contribution in [1.29, 1.82) is 0 Å². The molecule has 0 radical (unpaired) electrons. The van der Waals surface area contributed by atoms with E-state index in [1.54, 1.807) is 5.57 Å². The second kappa shape index (κ2) is 8.21. The number of hydrogen-bond donors (Lipinski definition) is 0. The molecule has 1 heteroatoms. The number of halogens is 1. The highest BCUT2D eigenvalue weighted by Gasteiger charge is 2.11. The molecule has 0 N–H and O–H groups in total. The van der Waals surface area contributed by atoms with Crippen LogP contribution in [0.3, 0.4) is 0 Å². The summed E-state index contributed by atoms with van der Waals surface area (Å²) in [5.41, 5.74) is 1.61. The molecule has 0 saturated heterocycles. The quantitative estimate of drug-likeness (QED) is 0.294. The maximum atomic E-state index is 6.03. The van der Waals surface area contributed by atoms with Crippen molar-refractivity contribution in [2.75, 3.05) is 0 Å². The van der Waals surface area contributed by atoms with Crippen molar-refractivity contribution in [1.82, 2.24) is 0 Å². The van der Waals surface area contributed by atoms with Gasteiger partial charge in [-0.25, -0.2) is 0 Å². The van der Waals surface area contributed by atoms with E-state index >= 15 is 0 Å². The highest BCUT2D eigenvalue weighted by Crippen LogP contribution is 2.26. The molecule has 1 aliphatic carbocycles. The maximum Gasteiger partial charge on any atom is 0.0521 e. The van der Waals surface area contributed by atoms with Crippen LogP contribution in [0.15, 0.2) is 11.6 Å². The van der Waals surface area contributed by atoms with Crippen LogP contribution in [-0.4, -0.2) is 5.38 Å². The van der Waals surface area contributed by atoms with E-state index in [-0.39, 0.29) is 0 Å². The summed E-state index contributed by atoms with van der Waals surface area (Å²) in [5.74, 6) is 0. The number of unbranched alkanes of at least 4 members (excludes halogenated alkanes) is 6. The summed E-state index contributed by atoms with van der Waals surface area (Å²) in [6, 6.07) is 0. The van der Waals surface area contributed by atoms with Gasteiger partial charge in [0, 0.05) is 0 Å². The van der Waals surface area contributed by atoms with Gasteiger partial charge in [-0.1, -0.05) is 57.1 Å². The average Bonchev–Trinajstić information content (AvgIpc) is 2.63. The molecule has 0 fully saturated rings. The van der Waals surface area contributed by atoms with E-state index in [4.69, 9.17) is 11.6 Å². The van der Waals surface area contributed by atoms with Crippen LogP contribution >= 0.6 is 11.6 Å². The molecule has 0 aromatic rings. The molecule has 0 nitrogen and oxygen atoms in total. The molecule has 0 amide bonds. The Hall–Kier alpha value is 0.0300. The third-order valence-corrected chi connectivity index (χ3v) is 3.60. The van der Waals surface area contributed by atoms with Crippen molar-refractivity contribution in [2.45, 2.75) is 76.5 Å². The van der Waals surface area contributed by atoms with Gasteiger partial charge < -0.3 is 0 Å². The largest absolute Gasteiger partial charge is 0.118 e. The van der Waals surface area contributed by atoms with Gasteiger partial charge in [0.25, 0.3) is 0 Å². The first-order valence-corrected chi connectivity index (χ1v) is 7.10. The van der Waals surface area contributed by atoms with E-state index < -0.39 is 0 Å². The lowest BCUT2D eigenvalue weighted by molar-refractivity contribution is 0.586. The minimum atomic E-state index is 0.338. The fourth-order valence-corrected chi connectivity index (χ4v) is 2.55. The monoisotopic (exact) mass is 228 g/mol. The van der Waals surface area contributed by atoms with Gasteiger partial charge in [0.1, 0.15) is 0 Å². The third-order valence-electron chi connectivity index (χ3n) is 3.26. The van der Waals surface area contributed by atoms with Crippen LogP contribution in [0, 0.1) is 0 Å². The fraction of sp³-hybridized carbons (Fsp3) is 0.857. The van der Waals surface area contributed by atoms with E-state index in [1.807, 2.05) is 0 Å². The minimum absolute atomic E-state index is 0.338. The second-order valence-electron chi connectivity index (χ2n) is 4.75. The van der Waals surface area contributed by atoms with Crippen LogP contribution in [0.25, 0.3) is 0 Å². The highest BCUT2D eigenvalue weighted by molar-refractivity contribution is 6.22. The van der Waals surface area contributed by atoms with Crippen LogP contribution in [0.2, 0.25) is 0 Å². The zero-order valence-corrected chi connectivity index (χ0v) is 10.9. The Kier molecular flexibility index (Phi) is 7.17. The van der Waals surface area contributed by atoms with Gasteiger partial charge >= 0.3 is 0 Å². The van der Waals surface area contributed by atoms with Gasteiger partial charge in [0.2, 0.25) is 0 Å². The van der Waals surface area contributed by atoms with Gasteiger partial charge in [-0.15, -0.1) is 11.6 Å². The van der Waals surface area contributed by atoms with Crippen LogP contribution in [0.1, 0.15) is 71.1 Å². The van der Waals surface area contributed by atoms with Crippen molar-refractivity contribution in [3.63, 3.8) is 0 Å². The van der Waals surface area contributed by atoms with Crippen LogP contribution in [0.4, 0.5) is 0 Å². The molecule has 15 heavy (non-hydrogen) atoms. The Bertz CT molecular complexity index is 184. The molecule has 1 aliphatic rings. The standard InChI is InChI=1S/C14H25Cl/c1-2-3-4-5-6-7-8-9-13-10-11-14(15)12-13/h12,14H,2-11H2,1H3. The molecule has 0 bridgehead atoms. The fourth-order valence-electron chi connectivity index (χ4n) is 2.26. The average molecular weight is 229 g/mol. The molecular weight excluding hydrogens is 204 g/mol. The molecule has 0 aliphatic heterocycles. The lowest BCUT2D eigenvalue weighted by Crippen LogP contribution is -1.82. The summed E-state index contributed by atoms with van der Waals surface area (Å²) in [4.78, 5) is 0. The number of hydrogen-bond acceptors (Lipinski definition) is 0. The minimum Gasteiger partial charge on any atom is -0.118 e. The lowest BCUT2D eigenvalue weighted by atomic mass is 10.0. The Balaban J connectivity index is 1.87. The van der Waals surface area contributed by atoms with Gasteiger partial charge in [-0.05, 0) is 25.7 Å². The molecule has 88 valence electrons. The Labute approximate surface area is 100 Å². The summed E-state index contributed by atoms with van der Waals surface area (Å²) in [5, 5.41) is 0.338. The summed E-state index contributed by atoms with van der Waals surface area (Å²) in [6.45, 7) is 2.27. The summed E-state index contributed by atoms with van der Waals surface area (Å²) in [7, 11) is 0. The molecule has 1 rings (SSSR count). The molecule has 0 saturated carbocycles. The summed E-state index contributed by atoms with van der Waals surface area (Å²) < 4.78 is 0. The highest BCUT2D eigenvalue weighted by atomic mass is 35.5. The Morgan fingerprint density at radius 1 is 1.13 bits per heavy atom. The topological polar surface area (TPSA) is 0 Å². The molecule has 0 aromatic carbocycles. The number of rotatable bonds is 8. The van der Waals surface area contributed by atoms with Crippen molar-refractivity contribution >= 4 is 11.6 Å². The molecule has 0 spiro atoms. The molecule has 0 aromatic heterocycles. The van der Waals surface area contributed by atoms with E-state index in [0.717, 1.165) is 0 Å². The third kappa shape index (κ3) is 6.25. The summed E-state index contributed by atoms with van der Waals surface area (Å²) in [6.07, 6.45) is 15.9. The Morgan fingerprint density at radius 2 is 1.80 bits per heavy atom. The Morgan fingerprint density at radius 3 is 2.40 bits per heavy atom. The van der Waals surface area contributed by atoms with E-state index in [2.05, 4.69) is 13.0 Å². The van der Waals surface area contributed by atoms with Gasteiger partial charge in [-0.2, -0.15) is 0 Å². The molecule has 0 heterocycles. The second-order valence-corrected chi connectivity index (χ2v) is 5.31. The maximum absolute atomic E-state index is 6.03. The predicted octanol–water partition coefficient (Wildman–Crippen LogP) is 5.45. The molecule has 1 atom stereocenters. The van der Waals surface area contributed by atoms with Crippen molar-refractivity contribution in [3.8, 4) is 0 Å².